The normalized spacial score (nSPS) is 10.4. The Morgan fingerprint density at radius 2 is 2.35 bits per heavy atom. The number of fused-ring (bicyclic) bond motifs is 1. The van der Waals surface area contributed by atoms with Gasteiger partial charge in [0.2, 0.25) is 5.43 Å². The van der Waals surface area contributed by atoms with Gasteiger partial charge in [0.25, 0.3) is 0 Å². The zero-order valence-corrected chi connectivity index (χ0v) is 8.96. The molecule has 0 bridgehead atoms. The number of carbonyl (C=O) groups is 1. The van der Waals surface area contributed by atoms with Crippen LogP contribution < -0.4 is 5.43 Å². The Hall–Kier alpha value is -2.43. The third-order valence-electron chi connectivity index (χ3n) is 2.39. The average Bonchev–Trinajstić information content (AvgIpc) is 2.33. The molecule has 0 radical (unpaired) electrons. The number of allylic oxidation sites excluding steroid dienone is 1. The number of aromatic carboxylic acids is 1. The molecular formula is C12H10N2O3. The average molecular weight is 230 g/mol. The van der Waals surface area contributed by atoms with Gasteiger partial charge in [-0.05, 0) is 12.1 Å². The highest BCUT2D eigenvalue weighted by atomic mass is 16.4. The van der Waals surface area contributed by atoms with Crippen molar-refractivity contribution in [2.24, 2.45) is 0 Å². The molecule has 5 nitrogen and oxygen atoms in total. The molecule has 0 aliphatic heterocycles. The molecule has 0 aromatic carbocycles. The Labute approximate surface area is 96.6 Å². The van der Waals surface area contributed by atoms with E-state index in [1.165, 1.54) is 6.20 Å². The van der Waals surface area contributed by atoms with Crippen molar-refractivity contribution >= 4 is 17.0 Å². The lowest BCUT2D eigenvalue weighted by molar-refractivity contribution is 0.0695. The molecule has 5 heteroatoms. The van der Waals surface area contributed by atoms with E-state index in [2.05, 4.69) is 11.6 Å². The van der Waals surface area contributed by atoms with Gasteiger partial charge in [0.1, 0.15) is 11.2 Å². The SMILES string of the molecule is C=CCn1cc(C(=O)O)c(=O)c2cccnc21. The number of rotatable bonds is 3. The molecule has 1 N–H and O–H groups in total. The van der Waals surface area contributed by atoms with Crippen LogP contribution in [0.25, 0.3) is 11.0 Å². The molecule has 0 amide bonds. The Kier molecular flexibility index (Phi) is 2.74. The fourth-order valence-electron chi connectivity index (χ4n) is 1.65. The Morgan fingerprint density at radius 1 is 1.59 bits per heavy atom. The molecule has 0 saturated carbocycles. The minimum Gasteiger partial charge on any atom is -0.477 e. The molecule has 2 aromatic rings. The van der Waals surface area contributed by atoms with Crippen molar-refractivity contribution in [2.45, 2.75) is 6.54 Å². The van der Waals surface area contributed by atoms with Gasteiger partial charge in [-0.3, -0.25) is 4.79 Å². The molecule has 17 heavy (non-hydrogen) atoms. The number of nitrogens with zero attached hydrogens (tertiary/aromatic N) is 2. The predicted molar refractivity (Wildman–Crippen MR) is 63.2 cm³/mol. The van der Waals surface area contributed by atoms with Gasteiger partial charge < -0.3 is 9.67 Å². The second-order valence-electron chi connectivity index (χ2n) is 3.49. The molecule has 0 atom stereocenters. The van der Waals surface area contributed by atoms with Gasteiger partial charge in [-0.15, -0.1) is 6.58 Å². The molecule has 2 rings (SSSR count). The highest BCUT2D eigenvalue weighted by Crippen LogP contribution is 2.09. The number of hydrogen-bond acceptors (Lipinski definition) is 3. The van der Waals surface area contributed by atoms with Crippen molar-refractivity contribution in [3.8, 4) is 0 Å². The van der Waals surface area contributed by atoms with Crippen LogP contribution >= 0.6 is 0 Å². The fourth-order valence-corrected chi connectivity index (χ4v) is 1.65. The molecule has 2 aromatic heterocycles. The largest absolute Gasteiger partial charge is 0.477 e. The lowest BCUT2D eigenvalue weighted by Gasteiger charge is -2.08. The number of pyridine rings is 2. The monoisotopic (exact) mass is 230 g/mol. The number of carboxylic acids is 1. The first-order valence-corrected chi connectivity index (χ1v) is 4.97. The topological polar surface area (TPSA) is 72.2 Å². The molecular weight excluding hydrogens is 220 g/mol. The zero-order valence-electron chi connectivity index (χ0n) is 8.96. The summed E-state index contributed by atoms with van der Waals surface area (Å²) < 4.78 is 1.59. The van der Waals surface area contributed by atoms with Crippen molar-refractivity contribution in [3.63, 3.8) is 0 Å². The predicted octanol–water partition coefficient (Wildman–Crippen LogP) is 1.28. The standard InChI is InChI=1S/C12H10N2O3/c1-2-6-14-7-9(12(16)17)10(15)8-4-3-5-13-11(8)14/h2-5,7H,1,6H2,(H,16,17). The Morgan fingerprint density at radius 3 is 3.00 bits per heavy atom. The second kappa shape index (κ2) is 4.21. The van der Waals surface area contributed by atoms with Crippen LogP contribution in [0.1, 0.15) is 10.4 Å². The van der Waals surface area contributed by atoms with Crippen LogP contribution in [0.4, 0.5) is 0 Å². The summed E-state index contributed by atoms with van der Waals surface area (Å²) in [6.45, 7) is 3.98. The van der Waals surface area contributed by atoms with E-state index in [1.807, 2.05) is 0 Å². The summed E-state index contributed by atoms with van der Waals surface area (Å²) in [5.74, 6) is -1.24. The molecule has 0 aliphatic rings. The van der Waals surface area contributed by atoms with E-state index in [0.29, 0.717) is 17.6 Å². The van der Waals surface area contributed by atoms with E-state index in [9.17, 15) is 9.59 Å². The van der Waals surface area contributed by atoms with Crippen LogP contribution in [0.2, 0.25) is 0 Å². The minimum atomic E-state index is -1.24. The molecule has 0 saturated heterocycles. The van der Waals surface area contributed by atoms with Crippen LogP contribution in [0.15, 0.2) is 42.0 Å². The minimum absolute atomic E-state index is 0.257. The van der Waals surface area contributed by atoms with Gasteiger partial charge in [0, 0.05) is 18.9 Å². The first kappa shape index (κ1) is 11.1. The molecule has 86 valence electrons. The van der Waals surface area contributed by atoms with E-state index >= 15 is 0 Å². The van der Waals surface area contributed by atoms with Crippen molar-refractivity contribution in [1.29, 1.82) is 0 Å². The molecule has 2 heterocycles. The quantitative estimate of drug-likeness (QED) is 0.806. The zero-order chi connectivity index (χ0) is 12.4. The second-order valence-corrected chi connectivity index (χ2v) is 3.49. The fraction of sp³-hybridized carbons (Fsp3) is 0.0833. The van der Waals surface area contributed by atoms with Gasteiger partial charge in [-0.25, -0.2) is 9.78 Å². The van der Waals surface area contributed by atoms with Crippen molar-refractivity contribution in [2.75, 3.05) is 0 Å². The lowest BCUT2D eigenvalue weighted by atomic mass is 10.2. The molecule has 0 aliphatic carbocycles. The van der Waals surface area contributed by atoms with E-state index in [1.54, 1.807) is 29.0 Å². The summed E-state index contributed by atoms with van der Waals surface area (Å²) in [5, 5.41) is 9.26. The highest BCUT2D eigenvalue weighted by Gasteiger charge is 2.14. The van der Waals surface area contributed by atoms with E-state index in [-0.39, 0.29) is 5.56 Å². The van der Waals surface area contributed by atoms with Gasteiger partial charge in [-0.1, -0.05) is 6.08 Å². The van der Waals surface area contributed by atoms with E-state index < -0.39 is 11.4 Å². The van der Waals surface area contributed by atoms with Crippen molar-refractivity contribution < 1.29 is 9.90 Å². The molecule has 0 fully saturated rings. The first-order valence-electron chi connectivity index (χ1n) is 4.97. The number of aromatic nitrogens is 2. The highest BCUT2D eigenvalue weighted by molar-refractivity contribution is 5.91. The lowest BCUT2D eigenvalue weighted by Crippen LogP contribution is -2.19. The summed E-state index contributed by atoms with van der Waals surface area (Å²) in [7, 11) is 0. The summed E-state index contributed by atoms with van der Waals surface area (Å²) in [6.07, 6.45) is 4.47. The summed E-state index contributed by atoms with van der Waals surface area (Å²) in [6, 6.07) is 3.17. The maximum absolute atomic E-state index is 11.9. The summed E-state index contributed by atoms with van der Waals surface area (Å²) in [4.78, 5) is 26.9. The van der Waals surface area contributed by atoms with Crippen LogP contribution in [0.5, 0.6) is 0 Å². The van der Waals surface area contributed by atoms with E-state index in [4.69, 9.17) is 5.11 Å². The third-order valence-corrected chi connectivity index (χ3v) is 2.39. The van der Waals surface area contributed by atoms with Crippen LogP contribution in [-0.2, 0) is 6.54 Å². The van der Waals surface area contributed by atoms with Crippen molar-refractivity contribution in [3.05, 3.63) is 53.0 Å². The third kappa shape index (κ3) is 1.82. The van der Waals surface area contributed by atoms with Gasteiger partial charge in [-0.2, -0.15) is 0 Å². The first-order chi connectivity index (χ1) is 8.15. The molecule has 0 spiro atoms. The van der Waals surface area contributed by atoms with E-state index in [0.717, 1.165) is 0 Å². The Balaban J connectivity index is 2.89. The maximum Gasteiger partial charge on any atom is 0.341 e. The van der Waals surface area contributed by atoms with Gasteiger partial charge >= 0.3 is 5.97 Å². The van der Waals surface area contributed by atoms with Crippen LogP contribution in [-0.4, -0.2) is 20.6 Å². The number of carboxylic acid groups (broad SMARTS) is 1. The Bertz CT molecular complexity index is 658. The molecule has 0 unspecified atom stereocenters. The smallest absolute Gasteiger partial charge is 0.341 e. The number of hydrogen-bond donors (Lipinski definition) is 1. The maximum atomic E-state index is 11.9. The van der Waals surface area contributed by atoms with Crippen LogP contribution in [0, 0.1) is 0 Å². The van der Waals surface area contributed by atoms with Gasteiger partial charge in [0.05, 0.1) is 5.39 Å². The van der Waals surface area contributed by atoms with Crippen molar-refractivity contribution in [1.82, 2.24) is 9.55 Å². The summed E-state index contributed by atoms with van der Waals surface area (Å²) in [5.41, 5.74) is -0.310. The summed E-state index contributed by atoms with van der Waals surface area (Å²) >= 11 is 0. The van der Waals surface area contributed by atoms with Crippen LogP contribution in [0.3, 0.4) is 0 Å². The van der Waals surface area contributed by atoms with Gasteiger partial charge in [0.15, 0.2) is 0 Å².